The van der Waals surface area contributed by atoms with Gasteiger partial charge in [0, 0.05) is 25.6 Å². The number of nitrogens with zero attached hydrogens (tertiary/aromatic N) is 2. The van der Waals surface area contributed by atoms with Crippen LogP contribution >= 0.6 is 0 Å². The van der Waals surface area contributed by atoms with Crippen molar-refractivity contribution < 1.29 is 9.59 Å². The van der Waals surface area contributed by atoms with Gasteiger partial charge in [-0.15, -0.1) is 0 Å². The lowest BCUT2D eigenvalue weighted by molar-refractivity contribution is -0.121. The molecule has 2 aromatic carbocycles. The lowest BCUT2D eigenvalue weighted by atomic mass is 10.2. The zero-order valence-electron chi connectivity index (χ0n) is 14.7. The molecule has 1 aromatic heterocycles. The van der Waals surface area contributed by atoms with Crippen LogP contribution in [0.3, 0.4) is 0 Å². The molecule has 0 saturated heterocycles. The second-order valence-corrected chi connectivity index (χ2v) is 6.18. The van der Waals surface area contributed by atoms with Gasteiger partial charge in [-0.05, 0) is 30.7 Å². The summed E-state index contributed by atoms with van der Waals surface area (Å²) in [5.41, 5.74) is 2.55. The van der Waals surface area contributed by atoms with Gasteiger partial charge in [0.25, 0.3) is 5.91 Å². The Morgan fingerprint density at radius 2 is 1.81 bits per heavy atom. The molecule has 6 nitrogen and oxygen atoms in total. The van der Waals surface area contributed by atoms with Crippen molar-refractivity contribution in [2.24, 2.45) is 0 Å². The molecule has 2 amide bonds. The molecule has 0 aliphatic heterocycles. The third-order valence-electron chi connectivity index (χ3n) is 4.10. The molecule has 0 unspecified atom stereocenters. The molecule has 6 heteroatoms. The second kappa shape index (κ2) is 8.29. The monoisotopic (exact) mass is 350 g/mol. The van der Waals surface area contributed by atoms with Crippen LogP contribution < -0.4 is 5.32 Å². The third-order valence-corrected chi connectivity index (χ3v) is 4.10. The minimum Gasteiger partial charge on any atom is -0.355 e. The van der Waals surface area contributed by atoms with Crippen LogP contribution in [0.5, 0.6) is 0 Å². The van der Waals surface area contributed by atoms with E-state index in [1.807, 2.05) is 30.3 Å². The molecule has 2 N–H and O–H groups in total. The van der Waals surface area contributed by atoms with Gasteiger partial charge in [-0.25, -0.2) is 4.98 Å². The van der Waals surface area contributed by atoms with Gasteiger partial charge in [0.15, 0.2) is 0 Å². The molecular weight excluding hydrogens is 328 g/mol. The summed E-state index contributed by atoms with van der Waals surface area (Å²) in [6, 6.07) is 16.8. The van der Waals surface area contributed by atoms with E-state index in [4.69, 9.17) is 0 Å². The number of carbonyl (C=O) groups is 2. The standard InChI is InChI=1S/C20H22N4O2/c1-24(20(26)15-8-3-2-4-9-15)14-19(25)21-13-7-12-18-22-16-10-5-6-11-17(16)23-18/h2-6,8-11H,7,12-14H2,1H3,(H,21,25)(H,22,23). The van der Waals surface area contributed by atoms with E-state index in [-0.39, 0.29) is 18.4 Å². The van der Waals surface area contributed by atoms with E-state index in [2.05, 4.69) is 15.3 Å². The quantitative estimate of drug-likeness (QED) is 0.642. The predicted molar refractivity (Wildman–Crippen MR) is 101 cm³/mol. The molecule has 0 radical (unpaired) electrons. The van der Waals surface area contributed by atoms with Crippen LogP contribution in [0.25, 0.3) is 11.0 Å². The molecular formula is C20H22N4O2. The first-order valence-electron chi connectivity index (χ1n) is 8.64. The molecule has 26 heavy (non-hydrogen) atoms. The molecule has 0 bridgehead atoms. The van der Waals surface area contributed by atoms with Crippen molar-refractivity contribution in [1.29, 1.82) is 0 Å². The maximum atomic E-state index is 12.2. The number of H-pyrrole nitrogens is 1. The number of nitrogens with one attached hydrogen (secondary N) is 2. The van der Waals surface area contributed by atoms with Crippen molar-refractivity contribution in [2.45, 2.75) is 12.8 Å². The minimum atomic E-state index is -0.165. The van der Waals surface area contributed by atoms with E-state index in [9.17, 15) is 9.59 Å². The second-order valence-electron chi connectivity index (χ2n) is 6.18. The van der Waals surface area contributed by atoms with Crippen molar-refractivity contribution in [3.8, 4) is 0 Å². The molecule has 0 aliphatic rings. The van der Waals surface area contributed by atoms with Crippen molar-refractivity contribution in [3.63, 3.8) is 0 Å². The number of amides is 2. The number of benzene rings is 2. The van der Waals surface area contributed by atoms with E-state index in [1.165, 1.54) is 4.90 Å². The summed E-state index contributed by atoms with van der Waals surface area (Å²) >= 11 is 0. The number of imidazole rings is 1. The van der Waals surface area contributed by atoms with Gasteiger partial charge in [0.2, 0.25) is 5.91 Å². The normalized spacial score (nSPS) is 10.7. The number of aromatic nitrogens is 2. The van der Waals surface area contributed by atoms with Crippen LogP contribution in [0.4, 0.5) is 0 Å². The number of hydrogen-bond donors (Lipinski definition) is 2. The Labute approximate surface area is 152 Å². The summed E-state index contributed by atoms with van der Waals surface area (Å²) in [5, 5.41) is 2.85. The fourth-order valence-electron chi connectivity index (χ4n) is 2.75. The van der Waals surface area contributed by atoms with Gasteiger partial charge in [-0.2, -0.15) is 0 Å². The average Bonchev–Trinajstić information content (AvgIpc) is 3.08. The Morgan fingerprint density at radius 3 is 2.58 bits per heavy atom. The van der Waals surface area contributed by atoms with Crippen LogP contribution in [0.1, 0.15) is 22.6 Å². The molecule has 0 aliphatic carbocycles. The van der Waals surface area contributed by atoms with Gasteiger partial charge in [0.1, 0.15) is 5.82 Å². The van der Waals surface area contributed by atoms with Crippen LogP contribution in [0.2, 0.25) is 0 Å². The van der Waals surface area contributed by atoms with Crippen LogP contribution in [-0.4, -0.2) is 46.8 Å². The van der Waals surface area contributed by atoms with Crippen LogP contribution in [0.15, 0.2) is 54.6 Å². The van der Waals surface area contributed by atoms with E-state index in [0.29, 0.717) is 12.1 Å². The molecule has 3 aromatic rings. The van der Waals surface area contributed by atoms with Gasteiger partial charge < -0.3 is 15.2 Å². The summed E-state index contributed by atoms with van der Waals surface area (Å²) < 4.78 is 0. The van der Waals surface area contributed by atoms with Crippen molar-refractivity contribution >= 4 is 22.8 Å². The fraction of sp³-hybridized carbons (Fsp3) is 0.250. The Kier molecular flexibility index (Phi) is 5.63. The minimum absolute atomic E-state index is 0.0400. The van der Waals surface area contributed by atoms with Crippen molar-refractivity contribution in [2.75, 3.05) is 20.1 Å². The molecule has 134 valence electrons. The molecule has 0 atom stereocenters. The van der Waals surface area contributed by atoms with Gasteiger partial charge in [0.05, 0.1) is 17.6 Å². The highest BCUT2D eigenvalue weighted by Gasteiger charge is 2.14. The SMILES string of the molecule is CN(CC(=O)NCCCc1nc2ccccc2[nH]1)C(=O)c1ccccc1. The Bertz CT molecular complexity index is 856. The maximum Gasteiger partial charge on any atom is 0.254 e. The lowest BCUT2D eigenvalue weighted by Crippen LogP contribution is -2.38. The Balaban J connectivity index is 1.40. The molecule has 0 spiro atoms. The number of rotatable bonds is 7. The van der Waals surface area contributed by atoms with Crippen molar-refractivity contribution in [3.05, 3.63) is 66.0 Å². The molecule has 1 heterocycles. The number of aromatic amines is 1. The van der Waals surface area contributed by atoms with Gasteiger partial charge in [-0.3, -0.25) is 9.59 Å². The number of fused-ring (bicyclic) bond motifs is 1. The number of aryl methyl sites for hydroxylation is 1. The first kappa shape index (κ1) is 17.7. The summed E-state index contributed by atoms with van der Waals surface area (Å²) in [4.78, 5) is 33.4. The molecule has 3 rings (SSSR count). The van der Waals surface area contributed by atoms with Crippen LogP contribution in [0, 0.1) is 0 Å². The topological polar surface area (TPSA) is 78.1 Å². The first-order valence-corrected chi connectivity index (χ1v) is 8.64. The number of para-hydroxylation sites is 2. The average molecular weight is 350 g/mol. The maximum absolute atomic E-state index is 12.2. The number of likely N-dealkylation sites (N-methyl/N-ethyl adjacent to an activating group) is 1. The zero-order chi connectivity index (χ0) is 18.4. The summed E-state index contributed by atoms with van der Waals surface area (Å²) in [5.74, 6) is 0.584. The fourth-order valence-corrected chi connectivity index (χ4v) is 2.75. The van der Waals surface area contributed by atoms with Crippen LogP contribution in [-0.2, 0) is 11.2 Å². The highest BCUT2D eigenvalue weighted by Crippen LogP contribution is 2.11. The van der Waals surface area contributed by atoms with E-state index >= 15 is 0 Å². The molecule has 0 saturated carbocycles. The van der Waals surface area contributed by atoms with E-state index < -0.39 is 0 Å². The molecule has 0 fully saturated rings. The van der Waals surface area contributed by atoms with Gasteiger partial charge in [-0.1, -0.05) is 30.3 Å². The van der Waals surface area contributed by atoms with Crippen molar-refractivity contribution in [1.82, 2.24) is 20.2 Å². The number of hydrogen-bond acceptors (Lipinski definition) is 3. The lowest BCUT2D eigenvalue weighted by Gasteiger charge is -2.16. The number of carbonyl (C=O) groups excluding carboxylic acids is 2. The smallest absolute Gasteiger partial charge is 0.254 e. The van der Waals surface area contributed by atoms with E-state index in [1.54, 1.807) is 31.3 Å². The highest BCUT2D eigenvalue weighted by molar-refractivity contribution is 5.96. The third kappa shape index (κ3) is 4.47. The first-order chi connectivity index (χ1) is 12.6. The Hall–Kier alpha value is -3.15. The summed E-state index contributed by atoms with van der Waals surface area (Å²) in [6.07, 6.45) is 1.54. The van der Waals surface area contributed by atoms with E-state index in [0.717, 1.165) is 29.7 Å². The zero-order valence-corrected chi connectivity index (χ0v) is 14.7. The summed E-state index contributed by atoms with van der Waals surface area (Å²) in [6.45, 7) is 0.585. The predicted octanol–water partition coefficient (Wildman–Crippen LogP) is 2.38. The Morgan fingerprint density at radius 1 is 1.08 bits per heavy atom. The summed E-state index contributed by atoms with van der Waals surface area (Å²) in [7, 11) is 1.63. The van der Waals surface area contributed by atoms with Gasteiger partial charge >= 0.3 is 0 Å². The highest BCUT2D eigenvalue weighted by atomic mass is 16.2. The largest absolute Gasteiger partial charge is 0.355 e.